The number of rotatable bonds is 3. The minimum absolute atomic E-state index is 0.0401. The zero-order valence-electron chi connectivity index (χ0n) is 13.5. The minimum atomic E-state index is -0.231. The molecule has 1 aromatic carbocycles. The molecule has 0 N–H and O–H groups in total. The van der Waals surface area contributed by atoms with Gasteiger partial charge in [0.1, 0.15) is 10.8 Å². The van der Waals surface area contributed by atoms with Gasteiger partial charge in [0.25, 0.3) is 5.56 Å². The zero-order chi connectivity index (χ0) is 17.4. The molecule has 2 unspecified atom stereocenters. The monoisotopic (exact) mass is 364 g/mol. The maximum atomic E-state index is 11.9. The van der Waals surface area contributed by atoms with E-state index in [1.54, 1.807) is 26.2 Å². The summed E-state index contributed by atoms with van der Waals surface area (Å²) in [6.07, 6.45) is 2.50. The summed E-state index contributed by atoms with van der Waals surface area (Å²) < 4.78 is 1.47. The maximum Gasteiger partial charge on any atom is 0.269 e. The number of halogens is 2. The first kappa shape index (κ1) is 17.1. The van der Waals surface area contributed by atoms with E-state index in [-0.39, 0.29) is 28.3 Å². The number of aryl methyl sites for hydroxylation is 1. The van der Waals surface area contributed by atoms with Crippen LogP contribution in [0.3, 0.4) is 0 Å². The van der Waals surface area contributed by atoms with Gasteiger partial charge < -0.3 is 9.47 Å². The Labute approximate surface area is 150 Å². The molecule has 1 saturated heterocycles. The number of ketones is 1. The van der Waals surface area contributed by atoms with Crippen LogP contribution < -0.4 is 10.5 Å². The Balaban J connectivity index is 2.03. The molecule has 0 spiro atoms. The first-order chi connectivity index (χ1) is 11.4. The average molecular weight is 365 g/mol. The molecule has 1 aliphatic rings. The van der Waals surface area contributed by atoms with Crippen LogP contribution in [0, 0.1) is 5.92 Å². The predicted octanol–water partition coefficient (Wildman–Crippen LogP) is 3.85. The lowest BCUT2D eigenvalue weighted by molar-refractivity contribution is -0.120. The molecule has 2 aromatic rings. The highest BCUT2D eigenvalue weighted by molar-refractivity contribution is 6.30. The van der Waals surface area contributed by atoms with E-state index < -0.39 is 0 Å². The fourth-order valence-corrected chi connectivity index (χ4v) is 3.60. The molecule has 4 nitrogen and oxygen atoms in total. The Bertz CT molecular complexity index is 804. The van der Waals surface area contributed by atoms with Gasteiger partial charge in [0.15, 0.2) is 0 Å². The van der Waals surface area contributed by atoms with Crippen molar-refractivity contribution in [3.63, 3.8) is 0 Å². The molecule has 0 saturated carbocycles. The minimum Gasteiger partial charge on any atom is -0.363 e. The number of carbonyl (C=O) groups is 1. The normalized spacial score (nSPS) is 20.4. The van der Waals surface area contributed by atoms with Gasteiger partial charge in [0.2, 0.25) is 0 Å². The van der Waals surface area contributed by atoms with Gasteiger partial charge in [-0.05, 0) is 37.1 Å². The van der Waals surface area contributed by atoms with Crippen molar-refractivity contribution < 1.29 is 4.79 Å². The van der Waals surface area contributed by atoms with Gasteiger partial charge in [0, 0.05) is 30.7 Å². The third-order valence-corrected chi connectivity index (χ3v) is 5.11. The lowest BCUT2D eigenvalue weighted by atomic mass is 9.97. The molecule has 0 bridgehead atoms. The van der Waals surface area contributed by atoms with Gasteiger partial charge in [-0.3, -0.25) is 9.59 Å². The Morgan fingerprint density at radius 3 is 2.46 bits per heavy atom. The Morgan fingerprint density at radius 2 is 1.88 bits per heavy atom. The molecule has 3 rings (SSSR count). The van der Waals surface area contributed by atoms with E-state index in [1.165, 1.54) is 4.57 Å². The van der Waals surface area contributed by atoms with Crippen LogP contribution in [0.2, 0.25) is 10.0 Å². The molecular formula is C18H18Cl2N2O2. The summed E-state index contributed by atoms with van der Waals surface area (Å²) in [7, 11) is 1.67. The standard InChI is InChI=1S/C18H18Cl2N2O2/c1-11(23)13-7-17(12-3-5-14(19)6-4-12)22(9-13)15-8-16(20)18(24)21(2)10-15/h3-6,8,10,13,17H,7,9H2,1-2H3. The number of nitrogens with zero attached hydrogens (tertiary/aromatic N) is 2. The van der Waals surface area contributed by atoms with E-state index in [2.05, 4.69) is 4.90 Å². The summed E-state index contributed by atoms with van der Waals surface area (Å²) in [6, 6.07) is 9.38. The van der Waals surface area contributed by atoms with Crippen molar-refractivity contribution in [1.82, 2.24) is 4.57 Å². The number of hydrogen-bond acceptors (Lipinski definition) is 3. The molecule has 0 radical (unpaired) electrons. The van der Waals surface area contributed by atoms with Crippen molar-refractivity contribution in [3.8, 4) is 0 Å². The quantitative estimate of drug-likeness (QED) is 0.830. The number of pyridine rings is 1. The molecule has 24 heavy (non-hydrogen) atoms. The second kappa shape index (κ2) is 6.61. The maximum absolute atomic E-state index is 11.9. The van der Waals surface area contributed by atoms with Crippen molar-refractivity contribution in [2.24, 2.45) is 13.0 Å². The fourth-order valence-electron chi connectivity index (χ4n) is 3.23. The van der Waals surface area contributed by atoms with Crippen LogP contribution in [-0.2, 0) is 11.8 Å². The van der Waals surface area contributed by atoms with Gasteiger partial charge in [0.05, 0.1) is 11.7 Å². The Kier molecular flexibility index (Phi) is 4.70. The summed E-state index contributed by atoms with van der Waals surface area (Å²) in [5, 5.41) is 0.854. The van der Waals surface area contributed by atoms with Crippen LogP contribution in [0.4, 0.5) is 5.69 Å². The van der Waals surface area contributed by atoms with Crippen molar-refractivity contribution in [1.29, 1.82) is 0 Å². The molecule has 2 heterocycles. The second-order valence-electron chi connectivity index (χ2n) is 6.23. The molecule has 2 atom stereocenters. The van der Waals surface area contributed by atoms with Gasteiger partial charge in [-0.1, -0.05) is 35.3 Å². The Morgan fingerprint density at radius 1 is 1.21 bits per heavy atom. The van der Waals surface area contributed by atoms with E-state index in [1.807, 2.05) is 24.3 Å². The lowest BCUT2D eigenvalue weighted by Crippen LogP contribution is -2.27. The molecule has 6 heteroatoms. The predicted molar refractivity (Wildman–Crippen MR) is 97.0 cm³/mol. The highest BCUT2D eigenvalue weighted by atomic mass is 35.5. The SMILES string of the molecule is CC(=O)C1CC(c2ccc(Cl)cc2)N(c2cc(Cl)c(=O)n(C)c2)C1. The first-order valence-electron chi connectivity index (χ1n) is 7.75. The van der Waals surface area contributed by atoms with Gasteiger partial charge >= 0.3 is 0 Å². The van der Waals surface area contributed by atoms with Crippen LogP contribution in [-0.4, -0.2) is 16.9 Å². The van der Waals surface area contributed by atoms with E-state index >= 15 is 0 Å². The van der Waals surface area contributed by atoms with Gasteiger partial charge in [-0.2, -0.15) is 0 Å². The number of anilines is 1. The molecule has 126 valence electrons. The van der Waals surface area contributed by atoms with Gasteiger partial charge in [-0.25, -0.2) is 0 Å². The molecule has 1 fully saturated rings. The lowest BCUT2D eigenvalue weighted by Gasteiger charge is -2.27. The number of benzene rings is 1. The Hall–Kier alpha value is -1.78. The third kappa shape index (κ3) is 3.21. The topological polar surface area (TPSA) is 42.3 Å². The smallest absolute Gasteiger partial charge is 0.269 e. The van der Waals surface area contributed by atoms with Crippen LogP contribution in [0.1, 0.15) is 24.9 Å². The van der Waals surface area contributed by atoms with E-state index in [0.29, 0.717) is 11.6 Å². The van der Waals surface area contributed by atoms with E-state index in [0.717, 1.165) is 17.7 Å². The number of aromatic nitrogens is 1. The van der Waals surface area contributed by atoms with E-state index in [4.69, 9.17) is 23.2 Å². The fraction of sp³-hybridized carbons (Fsp3) is 0.333. The van der Waals surface area contributed by atoms with Crippen LogP contribution in [0.5, 0.6) is 0 Å². The summed E-state index contributed by atoms with van der Waals surface area (Å²) in [6.45, 7) is 2.23. The third-order valence-electron chi connectivity index (χ3n) is 4.59. The number of Topliss-reactive ketones (excluding diaryl/α,β-unsaturated/α-hetero) is 1. The second-order valence-corrected chi connectivity index (χ2v) is 7.07. The molecule has 1 aliphatic heterocycles. The van der Waals surface area contributed by atoms with E-state index in [9.17, 15) is 9.59 Å². The van der Waals surface area contributed by atoms with Crippen molar-refractivity contribution in [2.75, 3.05) is 11.4 Å². The van der Waals surface area contributed by atoms with Crippen molar-refractivity contribution >= 4 is 34.7 Å². The van der Waals surface area contributed by atoms with Crippen LogP contribution in [0.15, 0.2) is 41.3 Å². The van der Waals surface area contributed by atoms with Crippen LogP contribution >= 0.6 is 23.2 Å². The van der Waals surface area contributed by atoms with Crippen molar-refractivity contribution in [2.45, 2.75) is 19.4 Å². The highest BCUT2D eigenvalue weighted by Crippen LogP contribution is 2.39. The average Bonchev–Trinajstić information content (AvgIpc) is 2.98. The summed E-state index contributed by atoms with van der Waals surface area (Å²) >= 11 is 12.1. The molecular weight excluding hydrogens is 347 g/mol. The highest BCUT2D eigenvalue weighted by Gasteiger charge is 2.35. The van der Waals surface area contributed by atoms with Crippen molar-refractivity contribution in [3.05, 3.63) is 62.5 Å². The zero-order valence-corrected chi connectivity index (χ0v) is 15.0. The summed E-state index contributed by atoms with van der Waals surface area (Å²) in [4.78, 5) is 25.9. The number of carbonyl (C=O) groups excluding carboxylic acids is 1. The first-order valence-corrected chi connectivity index (χ1v) is 8.51. The largest absolute Gasteiger partial charge is 0.363 e. The van der Waals surface area contributed by atoms with Crippen LogP contribution in [0.25, 0.3) is 0 Å². The van der Waals surface area contributed by atoms with Gasteiger partial charge in [-0.15, -0.1) is 0 Å². The summed E-state index contributed by atoms with van der Waals surface area (Å²) in [5.74, 6) is 0.133. The number of hydrogen-bond donors (Lipinski definition) is 0. The molecule has 1 aromatic heterocycles. The summed E-state index contributed by atoms with van der Waals surface area (Å²) in [5.41, 5.74) is 1.70. The molecule has 0 amide bonds. The molecule has 0 aliphatic carbocycles.